The summed E-state index contributed by atoms with van der Waals surface area (Å²) in [5, 5.41) is 3.48. The van der Waals surface area contributed by atoms with Gasteiger partial charge in [-0.2, -0.15) is 0 Å². The summed E-state index contributed by atoms with van der Waals surface area (Å²) in [5.74, 6) is 0.960. The molecule has 0 aromatic heterocycles. The fraction of sp³-hybridized carbons (Fsp3) is 0.944. The van der Waals surface area contributed by atoms with Gasteiger partial charge in [-0.1, -0.05) is 0 Å². The van der Waals surface area contributed by atoms with E-state index in [0.29, 0.717) is 19.2 Å². The summed E-state index contributed by atoms with van der Waals surface area (Å²) >= 11 is 0. The number of hydrogen-bond acceptors (Lipinski definition) is 5. The van der Waals surface area contributed by atoms with Crippen LogP contribution in [-0.4, -0.2) is 93.2 Å². The lowest BCUT2D eigenvalue weighted by Gasteiger charge is -2.44. The van der Waals surface area contributed by atoms with Gasteiger partial charge in [0.25, 0.3) is 0 Å². The van der Waals surface area contributed by atoms with Crippen molar-refractivity contribution in [3.8, 4) is 0 Å². The molecule has 2 aliphatic heterocycles. The highest BCUT2D eigenvalue weighted by Gasteiger charge is 2.41. The van der Waals surface area contributed by atoms with E-state index < -0.39 is 14.6 Å². The first-order valence-electron chi connectivity index (χ1n) is 9.48. The zero-order chi connectivity index (χ0) is 19.6. The van der Waals surface area contributed by atoms with Crippen molar-refractivity contribution < 1.29 is 13.2 Å². The predicted molar refractivity (Wildman–Crippen MR) is 106 cm³/mol. The number of hydrogen-bond donors (Lipinski definition) is 1. The lowest BCUT2D eigenvalue weighted by atomic mass is 9.97. The van der Waals surface area contributed by atoms with E-state index in [1.807, 2.05) is 0 Å². The van der Waals surface area contributed by atoms with Crippen LogP contribution in [0.15, 0.2) is 4.99 Å². The quantitative estimate of drug-likeness (QED) is 0.571. The lowest BCUT2D eigenvalue weighted by molar-refractivity contribution is 0.00764. The molecule has 0 bridgehead atoms. The highest BCUT2D eigenvalue weighted by atomic mass is 32.2. The second-order valence-corrected chi connectivity index (χ2v) is 11.4. The first kappa shape index (κ1) is 21.4. The van der Waals surface area contributed by atoms with Crippen molar-refractivity contribution in [1.82, 2.24) is 15.1 Å². The van der Waals surface area contributed by atoms with E-state index in [0.717, 1.165) is 38.4 Å². The molecule has 0 aliphatic carbocycles. The lowest BCUT2D eigenvalue weighted by Crippen LogP contribution is -2.60. The summed E-state index contributed by atoms with van der Waals surface area (Å²) in [6.45, 7) is 11.9. The maximum atomic E-state index is 12.2. The van der Waals surface area contributed by atoms with Crippen LogP contribution in [0.5, 0.6) is 0 Å². The predicted octanol–water partition coefficient (Wildman–Crippen LogP) is 0.960. The van der Waals surface area contributed by atoms with Crippen LogP contribution in [-0.2, 0) is 14.6 Å². The Hall–Kier alpha value is -0.860. The van der Waals surface area contributed by atoms with Crippen LogP contribution in [0.4, 0.5) is 0 Å². The molecule has 2 rings (SSSR count). The minimum Gasteiger partial charge on any atom is -0.381 e. The maximum Gasteiger partial charge on any atom is 0.193 e. The third-order valence-electron chi connectivity index (χ3n) is 5.87. The molecular formula is C18H36N4O3S. The minimum atomic E-state index is -3.05. The molecule has 0 spiro atoms. The van der Waals surface area contributed by atoms with Gasteiger partial charge in [0.15, 0.2) is 15.8 Å². The van der Waals surface area contributed by atoms with Gasteiger partial charge in [0.05, 0.1) is 16.6 Å². The van der Waals surface area contributed by atoms with E-state index in [-0.39, 0.29) is 11.3 Å². The number of nitrogens with one attached hydrogen (secondary N) is 1. The molecule has 2 fully saturated rings. The van der Waals surface area contributed by atoms with Crippen LogP contribution >= 0.6 is 0 Å². The van der Waals surface area contributed by atoms with Crippen LogP contribution in [0.3, 0.4) is 0 Å². The van der Waals surface area contributed by atoms with Crippen LogP contribution in [0.25, 0.3) is 0 Å². The molecular weight excluding hydrogens is 352 g/mol. The van der Waals surface area contributed by atoms with Gasteiger partial charge in [-0.05, 0) is 40.5 Å². The zero-order valence-corrected chi connectivity index (χ0v) is 18.0. The van der Waals surface area contributed by atoms with Crippen molar-refractivity contribution in [2.24, 2.45) is 4.99 Å². The number of nitrogens with zero attached hydrogens (tertiary/aromatic N) is 3. The molecule has 1 N–H and O–H groups in total. The van der Waals surface area contributed by atoms with Gasteiger partial charge in [-0.25, -0.2) is 8.42 Å². The highest BCUT2D eigenvalue weighted by Crippen LogP contribution is 2.24. The van der Waals surface area contributed by atoms with E-state index in [1.54, 1.807) is 28.0 Å². The summed E-state index contributed by atoms with van der Waals surface area (Å²) in [7, 11) is 0.500. The Balaban J connectivity index is 1.94. The largest absolute Gasteiger partial charge is 0.381 e. The van der Waals surface area contributed by atoms with Crippen LogP contribution in [0.1, 0.15) is 40.5 Å². The molecule has 2 aliphatic rings. The van der Waals surface area contributed by atoms with Gasteiger partial charge in [0.1, 0.15) is 0 Å². The van der Waals surface area contributed by atoms with Gasteiger partial charge in [0, 0.05) is 52.4 Å². The minimum absolute atomic E-state index is 0.00790. The summed E-state index contributed by atoms with van der Waals surface area (Å²) < 4.78 is 29.2. The first-order chi connectivity index (χ1) is 12.0. The zero-order valence-electron chi connectivity index (χ0n) is 17.2. The topological polar surface area (TPSA) is 74.2 Å². The summed E-state index contributed by atoms with van der Waals surface area (Å²) in [4.78, 5) is 8.95. The second kappa shape index (κ2) is 8.02. The Morgan fingerprint density at radius 3 is 2.38 bits per heavy atom. The first-order valence-corrected chi connectivity index (χ1v) is 11.1. The van der Waals surface area contributed by atoms with Crippen LogP contribution in [0.2, 0.25) is 0 Å². The number of rotatable bonds is 4. The highest BCUT2D eigenvalue weighted by molar-refractivity contribution is 7.92. The van der Waals surface area contributed by atoms with Gasteiger partial charge >= 0.3 is 0 Å². The molecule has 0 amide bonds. The molecule has 0 atom stereocenters. The van der Waals surface area contributed by atoms with E-state index in [2.05, 4.69) is 34.0 Å². The van der Waals surface area contributed by atoms with Crippen molar-refractivity contribution in [3.05, 3.63) is 0 Å². The molecule has 0 aromatic rings. The standard InChI is InChI=1S/C18H36N4O3S/c1-17(2,22-9-7-15(25-6)8-10-22)13-20-16(19-5)21-11-12-26(23,24)18(3,4)14-21/h15H,7-14H2,1-6H3,(H,19,20). The normalized spacial score (nSPS) is 25.3. The summed E-state index contributed by atoms with van der Waals surface area (Å²) in [5.41, 5.74) is -0.00790. The number of guanidine groups is 1. The van der Waals surface area contributed by atoms with Gasteiger partial charge in [0.2, 0.25) is 0 Å². The number of ether oxygens (including phenoxy) is 1. The average Bonchev–Trinajstić information content (AvgIpc) is 2.58. The van der Waals surface area contributed by atoms with Gasteiger partial charge < -0.3 is 15.0 Å². The molecule has 0 aromatic carbocycles. The number of methoxy groups -OCH3 is 1. The van der Waals surface area contributed by atoms with E-state index in [9.17, 15) is 8.42 Å². The average molecular weight is 389 g/mol. The maximum absolute atomic E-state index is 12.2. The fourth-order valence-corrected chi connectivity index (χ4v) is 5.13. The molecule has 8 heteroatoms. The van der Waals surface area contributed by atoms with Crippen molar-refractivity contribution in [2.45, 2.75) is 56.9 Å². The number of aliphatic imine (C=N–C) groups is 1. The molecule has 2 saturated heterocycles. The van der Waals surface area contributed by atoms with Crippen LogP contribution < -0.4 is 5.32 Å². The number of likely N-dealkylation sites (tertiary alicyclic amines) is 1. The van der Waals surface area contributed by atoms with E-state index >= 15 is 0 Å². The molecule has 0 radical (unpaired) electrons. The molecule has 26 heavy (non-hydrogen) atoms. The second-order valence-electron chi connectivity index (χ2n) is 8.64. The Morgan fingerprint density at radius 2 is 1.88 bits per heavy atom. The van der Waals surface area contributed by atoms with Gasteiger partial charge in [-0.3, -0.25) is 9.89 Å². The van der Waals surface area contributed by atoms with Gasteiger partial charge in [-0.15, -0.1) is 0 Å². The smallest absolute Gasteiger partial charge is 0.193 e. The Labute approximate surface area is 159 Å². The van der Waals surface area contributed by atoms with Crippen LogP contribution in [0, 0.1) is 0 Å². The van der Waals surface area contributed by atoms with Crippen molar-refractivity contribution in [2.75, 3.05) is 52.6 Å². The molecule has 2 heterocycles. The monoisotopic (exact) mass is 388 g/mol. The van der Waals surface area contributed by atoms with Crippen molar-refractivity contribution >= 4 is 15.8 Å². The van der Waals surface area contributed by atoms with E-state index in [4.69, 9.17) is 4.74 Å². The molecule has 0 saturated carbocycles. The molecule has 152 valence electrons. The Kier molecular flexibility index (Phi) is 6.62. The Morgan fingerprint density at radius 1 is 1.27 bits per heavy atom. The number of sulfone groups is 1. The molecule has 7 nitrogen and oxygen atoms in total. The SMILES string of the molecule is CN=C(NCC(C)(C)N1CCC(OC)CC1)N1CCS(=O)(=O)C(C)(C)C1. The summed E-state index contributed by atoms with van der Waals surface area (Å²) in [6, 6.07) is 0. The van der Waals surface area contributed by atoms with Crippen molar-refractivity contribution in [1.29, 1.82) is 0 Å². The summed E-state index contributed by atoms with van der Waals surface area (Å²) in [6.07, 6.45) is 2.50. The third kappa shape index (κ3) is 4.70. The fourth-order valence-electron chi connectivity index (χ4n) is 3.76. The molecule has 0 unspecified atom stereocenters. The Bertz CT molecular complexity index is 608. The van der Waals surface area contributed by atoms with Crippen molar-refractivity contribution in [3.63, 3.8) is 0 Å². The third-order valence-corrected chi connectivity index (χ3v) is 8.40. The number of piperidine rings is 1. The van der Waals surface area contributed by atoms with E-state index in [1.165, 1.54) is 0 Å².